The second kappa shape index (κ2) is 10.6. The molecule has 2 aromatic carbocycles. The Hall–Kier alpha value is -2.65. The molecule has 0 fully saturated rings. The molecule has 0 unspecified atom stereocenters. The summed E-state index contributed by atoms with van der Waals surface area (Å²) in [6.07, 6.45) is 0. The van der Waals surface area contributed by atoms with Crippen molar-refractivity contribution in [2.45, 2.75) is 20.5 Å². The number of halogens is 2. The summed E-state index contributed by atoms with van der Waals surface area (Å²) in [6, 6.07) is 10.0. The van der Waals surface area contributed by atoms with Gasteiger partial charge in [-0.05, 0) is 71.7 Å². The van der Waals surface area contributed by atoms with Crippen LogP contribution in [0, 0.1) is 12.7 Å². The highest BCUT2D eigenvalue weighted by Crippen LogP contribution is 2.35. The van der Waals surface area contributed by atoms with Crippen LogP contribution in [0.2, 0.25) is 0 Å². The van der Waals surface area contributed by atoms with Gasteiger partial charge < -0.3 is 18.9 Å². The van der Waals surface area contributed by atoms with E-state index in [1.165, 1.54) is 24.5 Å². The van der Waals surface area contributed by atoms with Gasteiger partial charge in [0.15, 0.2) is 18.2 Å². The van der Waals surface area contributed by atoms with Crippen LogP contribution in [-0.2, 0) is 16.1 Å². The van der Waals surface area contributed by atoms with Crippen molar-refractivity contribution in [3.63, 3.8) is 0 Å². The van der Waals surface area contributed by atoms with Crippen molar-refractivity contribution in [1.29, 1.82) is 0 Å². The predicted molar refractivity (Wildman–Crippen MR) is 119 cm³/mol. The van der Waals surface area contributed by atoms with Gasteiger partial charge in [-0.25, -0.2) is 14.2 Å². The molecule has 0 saturated heterocycles. The zero-order valence-corrected chi connectivity index (χ0v) is 19.6. The first-order valence-electron chi connectivity index (χ1n) is 9.42. The molecule has 6 nitrogen and oxygen atoms in total. The van der Waals surface area contributed by atoms with Crippen LogP contribution in [0.3, 0.4) is 0 Å². The molecule has 0 atom stereocenters. The Bertz CT molecular complexity index is 1070. The lowest BCUT2D eigenvalue weighted by molar-refractivity contribution is -0.145. The number of aromatic nitrogens is 1. The number of esters is 1. The van der Waals surface area contributed by atoms with Crippen LogP contribution >= 0.6 is 27.3 Å². The second-order valence-corrected chi connectivity index (χ2v) is 8.79. The third-order valence-corrected chi connectivity index (χ3v) is 5.89. The number of ether oxygens (including phenoxy) is 4. The molecule has 3 rings (SSSR count). The summed E-state index contributed by atoms with van der Waals surface area (Å²) >= 11 is 4.91. The van der Waals surface area contributed by atoms with Gasteiger partial charge in [0, 0.05) is 5.56 Å². The van der Waals surface area contributed by atoms with Gasteiger partial charge in [0.05, 0.1) is 23.2 Å². The minimum atomic E-state index is -0.446. The maximum atomic E-state index is 14.0. The number of hydrogen-bond donors (Lipinski definition) is 0. The van der Waals surface area contributed by atoms with E-state index in [0.717, 1.165) is 14.4 Å². The molecule has 0 aliphatic heterocycles. The normalized spacial score (nSPS) is 10.6. The summed E-state index contributed by atoms with van der Waals surface area (Å²) < 4.78 is 35.9. The van der Waals surface area contributed by atoms with Crippen LogP contribution in [0.1, 0.15) is 17.5 Å². The monoisotopic (exact) mass is 509 g/mol. The fraction of sp³-hybridized carbons (Fsp3) is 0.273. The van der Waals surface area contributed by atoms with Gasteiger partial charge >= 0.3 is 5.97 Å². The molecule has 0 N–H and O–H groups in total. The highest BCUT2D eigenvalue weighted by atomic mass is 79.9. The fourth-order valence-electron chi connectivity index (χ4n) is 2.75. The summed E-state index contributed by atoms with van der Waals surface area (Å²) in [5.41, 5.74) is 2.12. The van der Waals surface area contributed by atoms with E-state index in [2.05, 4.69) is 20.9 Å². The maximum Gasteiger partial charge on any atom is 0.344 e. The number of aryl methyl sites for hydroxylation is 1. The van der Waals surface area contributed by atoms with E-state index in [-0.39, 0.29) is 19.0 Å². The predicted octanol–water partition coefficient (Wildman–Crippen LogP) is 5.55. The van der Waals surface area contributed by atoms with Gasteiger partial charge in [0.1, 0.15) is 23.1 Å². The lowest BCUT2D eigenvalue weighted by Crippen LogP contribution is -2.14. The Kier molecular flexibility index (Phi) is 7.86. The van der Waals surface area contributed by atoms with Crippen molar-refractivity contribution < 1.29 is 28.1 Å². The molecule has 164 valence electrons. The van der Waals surface area contributed by atoms with Crippen molar-refractivity contribution >= 4 is 33.2 Å². The number of benzene rings is 2. The van der Waals surface area contributed by atoms with E-state index in [1.807, 2.05) is 13.0 Å². The standard InChI is InChI=1S/C22H21BrFNO5S/c1-4-28-20(26)12-30-17-8-6-15(9-13(17)2)29-11-19-25-21(22(23)31-19)14-5-7-18(27-3)16(24)10-14/h5-10H,4,11-12H2,1-3H3. The SMILES string of the molecule is CCOC(=O)COc1ccc(OCc2nc(-c3ccc(OC)c(F)c3)c(Br)s2)cc1C. The summed E-state index contributed by atoms with van der Waals surface area (Å²) in [7, 11) is 1.42. The lowest BCUT2D eigenvalue weighted by atomic mass is 10.1. The summed E-state index contributed by atoms with van der Waals surface area (Å²) in [5, 5.41) is 0.735. The van der Waals surface area contributed by atoms with Crippen LogP contribution in [0.5, 0.6) is 17.2 Å². The van der Waals surface area contributed by atoms with Crippen LogP contribution in [-0.4, -0.2) is 31.3 Å². The summed E-state index contributed by atoms with van der Waals surface area (Å²) in [6.45, 7) is 4.04. The minimum absolute atomic E-state index is 0.142. The molecule has 0 saturated carbocycles. The molecular weight excluding hydrogens is 489 g/mol. The Labute approximate surface area is 192 Å². The number of rotatable bonds is 9. The molecule has 0 aliphatic carbocycles. The zero-order chi connectivity index (χ0) is 22.4. The van der Waals surface area contributed by atoms with E-state index in [0.29, 0.717) is 29.4 Å². The first-order valence-corrected chi connectivity index (χ1v) is 11.0. The summed E-state index contributed by atoms with van der Waals surface area (Å²) in [4.78, 5) is 16.0. The molecule has 0 spiro atoms. The largest absolute Gasteiger partial charge is 0.494 e. The number of thiazole rings is 1. The van der Waals surface area contributed by atoms with Crippen molar-refractivity contribution in [1.82, 2.24) is 4.98 Å². The Morgan fingerprint density at radius 2 is 1.94 bits per heavy atom. The van der Waals surface area contributed by atoms with Crippen LogP contribution in [0.4, 0.5) is 4.39 Å². The van der Waals surface area contributed by atoms with Gasteiger partial charge in [-0.2, -0.15) is 0 Å². The number of methoxy groups -OCH3 is 1. The molecule has 0 radical (unpaired) electrons. The van der Waals surface area contributed by atoms with Crippen molar-refractivity contribution in [2.24, 2.45) is 0 Å². The first kappa shape index (κ1) is 23.0. The van der Waals surface area contributed by atoms with E-state index < -0.39 is 11.8 Å². The van der Waals surface area contributed by atoms with Gasteiger partial charge in [-0.15, -0.1) is 11.3 Å². The fourth-order valence-corrected chi connectivity index (χ4v) is 4.35. The topological polar surface area (TPSA) is 66.9 Å². The van der Waals surface area contributed by atoms with Crippen molar-refractivity contribution in [3.05, 3.63) is 56.6 Å². The van der Waals surface area contributed by atoms with Crippen molar-refractivity contribution in [2.75, 3.05) is 20.3 Å². The summed E-state index contributed by atoms with van der Waals surface area (Å²) in [5.74, 6) is 0.553. The number of carbonyl (C=O) groups is 1. The number of hydrogen-bond acceptors (Lipinski definition) is 7. The molecule has 1 heterocycles. The van der Waals surface area contributed by atoms with Gasteiger partial charge in [-0.3, -0.25) is 0 Å². The van der Waals surface area contributed by atoms with Gasteiger partial charge in [0.25, 0.3) is 0 Å². The van der Waals surface area contributed by atoms with E-state index >= 15 is 0 Å². The Morgan fingerprint density at radius 3 is 2.61 bits per heavy atom. The van der Waals surface area contributed by atoms with Gasteiger partial charge in [-0.1, -0.05) is 0 Å². The maximum absolute atomic E-state index is 14.0. The molecular formula is C22H21BrFNO5S. The van der Waals surface area contributed by atoms with E-state index in [1.54, 1.807) is 31.2 Å². The van der Waals surface area contributed by atoms with Crippen LogP contribution < -0.4 is 14.2 Å². The average molecular weight is 510 g/mol. The number of nitrogens with zero attached hydrogens (tertiary/aromatic N) is 1. The zero-order valence-electron chi connectivity index (χ0n) is 17.2. The minimum Gasteiger partial charge on any atom is -0.494 e. The number of carbonyl (C=O) groups excluding carboxylic acids is 1. The molecule has 31 heavy (non-hydrogen) atoms. The quantitative estimate of drug-likeness (QED) is 0.352. The average Bonchev–Trinajstić information content (AvgIpc) is 3.12. The second-order valence-electron chi connectivity index (χ2n) is 6.39. The molecule has 0 aliphatic rings. The lowest BCUT2D eigenvalue weighted by Gasteiger charge is -2.10. The Balaban J connectivity index is 1.64. The third-order valence-electron chi connectivity index (χ3n) is 4.21. The molecule has 1 aromatic heterocycles. The smallest absolute Gasteiger partial charge is 0.344 e. The van der Waals surface area contributed by atoms with Gasteiger partial charge in [0.2, 0.25) is 0 Å². The first-order chi connectivity index (χ1) is 14.9. The molecule has 0 bridgehead atoms. The third kappa shape index (κ3) is 5.95. The highest BCUT2D eigenvalue weighted by molar-refractivity contribution is 9.11. The van der Waals surface area contributed by atoms with Crippen molar-refractivity contribution in [3.8, 4) is 28.5 Å². The molecule has 0 amide bonds. The Morgan fingerprint density at radius 1 is 1.16 bits per heavy atom. The van der Waals surface area contributed by atoms with E-state index in [4.69, 9.17) is 18.9 Å². The van der Waals surface area contributed by atoms with E-state index in [9.17, 15) is 9.18 Å². The molecule has 3 aromatic rings. The highest BCUT2D eigenvalue weighted by Gasteiger charge is 2.14. The molecule has 9 heteroatoms. The van der Waals surface area contributed by atoms with Crippen LogP contribution in [0.25, 0.3) is 11.3 Å². The van der Waals surface area contributed by atoms with Crippen LogP contribution in [0.15, 0.2) is 40.2 Å².